The summed E-state index contributed by atoms with van der Waals surface area (Å²) >= 11 is 0. The summed E-state index contributed by atoms with van der Waals surface area (Å²) in [5.74, 6) is 1.55. The molecule has 0 N–H and O–H groups in total. The van der Waals surface area contributed by atoms with Gasteiger partial charge < -0.3 is 14.4 Å². The third kappa shape index (κ3) is 6.46. The molecule has 36 heavy (non-hydrogen) atoms. The summed E-state index contributed by atoms with van der Waals surface area (Å²) in [6.07, 6.45) is 10.5. The van der Waals surface area contributed by atoms with Gasteiger partial charge in [-0.15, -0.1) is 0 Å². The lowest BCUT2D eigenvalue weighted by Gasteiger charge is -2.45. The highest BCUT2D eigenvalue weighted by molar-refractivity contribution is 5.79. The van der Waals surface area contributed by atoms with Crippen molar-refractivity contribution in [3.63, 3.8) is 0 Å². The Morgan fingerprint density at radius 1 is 0.944 bits per heavy atom. The van der Waals surface area contributed by atoms with E-state index in [2.05, 4.69) is 51.2 Å². The third-order valence-electron chi connectivity index (χ3n) is 8.42. The lowest BCUT2D eigenvalue weighted by molar-refractivity contribution is -0.141. The van der Waals surface area contributed by atoms with E-state index in [0.29, 0.717) is 12.5 Å². The lowest BCUT2D eigenvalue weighted by Crippen LogP contribution is -2.50. The number of hydrogen-bond acceptors (Lipinski definition) is 5. The van der Waals surface area contributed by atoms with E-state index >= 15 is 0 Å². The molecule has 3 aliphatic heterocycles. The van der Waals surface area contributed by atoms with E-state index in [9.17, 15) is 4.79 Å². The summed E-state index contributed by atoms with van der Waals surface area (Å²) in [6, 6.07) is 14.7. The Morgan fingerprint density at radius 3 is 2.56 bits per heavy atom. The molecule has 0 aliphatic carbocycles. The summed E-state index contributed by atoms with van der Waals surface area (Å²) in [7, 11) is 0. The number of fused-ring (bicyclic) bond motifs is 1. The van der Waals surface area contributed by atoms with Crippen LogP contribution in [0.5, 0.6) is 5.75 Å². The number of piperidine rings is 1. The number of aromatic nitrogens is 1. The van der Waals surface area contributed by atoms with E-state index in [0.717, 1.165) is 89.5 Å². The van der Waals surface area contributed by atoms with E-state index in [1.807, 2.05) is 12.3 Å². The van der Waals surface area contributed by atoms with Crippen molar-refractivity contribution in [3.05, 3.63) is 59.9 Å². The fourth-order valence-corrected chi connectivity index (χ4v) is 6.25. The fraction of sp³-hybridized carbons (Fsp3) is 0.600. The minimum absolute atomic E-state index is 0.155. The van der Waals surface area contributed by atoms with Gasteiger partial charge in [0.1, 0.15) is 12.4 Å². The molecule has 2 fully saturated rings. The van der Waals surface area contributed by atoms with Crippen molar-refractivity contribution in [2.75, 3.05) is 46.0 Å². The second-order valence-corrected chi connectivity index (χ2v) is 10.9. The van der Waals surface area contributed by atoms with Crippen molar-refractivity contribution in [1.82, 2.24) is 14.8 Å². The van der Waals surface area contributed by atoms with E-state index in [1.165, 1.54) is 24.8 Å². The third-order valence-corrected chi connectivity index (χ3v) is 8.42. The largest absolute Gasteiger partial charge is 0.492 e. The Morgan fingerprint density at radius 2 is 1.75 bits per heavy atom. The van der Waals surface area contributed by atoms with Crippen molar-refractivity contribution in [2.24, 2.45) is 11.3 Å². The van der Waals surface area contributed by atoms with Crippen LogP contribution in [0.3, 0.4) is 0 Å². The number of likely N-dealkylation sites (tertiary alicyclic amines) is 1. The molecule has 0 radical (unpaired) electrons. The summed E-state index contributed by atoms with van der Waals surface area (Å²) in [4.78, 5) is 22.5. The second kappa shape index (κ2) is 12.2. The minimum Gasteiger partial charge on any atom is -0.492 e. The number of amides is 1. The van der Waals surface area contributed by atoms with Crippen LogP contribution in [0.15, 0.2) is 48.7 Å². The minimum atomic E-state index is 0.155. The van der Waals surface area contributed by atoms with E-state index in [4.69, 9.17) is 9.47 Å². The number of pyridine rings is 1. The normalized spacial score (nSPS) is 22.2. The number of benzene rings is 1. The van der Waals surface area contributed by atoms with Gasteiger partial charge in [0.25, 0.3) is 0 Å². The van der Waals surface area contributed by atoms with Crippen LogP contribution < -0.4 is 4.74 Å². The summed E-state index contributed by atoms with van der Waals surface area (Å²) in [5.41, 5.74) is 2.66. The number of carbonyl (C=O) groups is 1. The molecule has 194 valence electrons. The van der Waals surface area contributed by atoms with Crippen LogP contribution in [0.4, 0.5) is 0 Å². The van der Waals surface area contributed by atoms with Gasteiger partial charge in [-0.3, -0.25) is 14.7 Å². The van der Waals surface area contributed by atoms with Gasteiger partial charge in [-0.25, -0.2) is 0 Å². The number of aryl methyl sites for hydroxylation is 1. The van der Waals surface area contributed by atoms with Crippen molar-refractivity contribution in [2.45, 2.75) is 57.9 Å². The molecule has 1 amide bonds. The molecule has 0 saturated carbocycles. The Labute approximate surface area is 216 Å². The SMILES string of the molecule is O=C(C1CCOCC1)N1CCC2(CCCCc3ccccc3OCCN(Cc3ccccn3)C2)CC1. The smallest absolute Gasteiger partial charge is 0.225 e. The first kappa shape index (κ1) is 25.2. The maximum absolute atomic E-state index is 13.2. The summed E-state index contributed by atoms with van der Waals surface area (Å²) in [5, 5.41) is 0. The highest BCUT2D eigenvalue weighted by Gasteiger charge is 2.38. The number of ether oxygens (including phenoxy) is 2. The van der Waals surface area contributed by atoms with Gasteiger partial charge in [0.2, 0.25) is 5.91 Å². The molecule has 2 aromatic rings. The number of nitrogens with zero attached hydrogens (tertiary/aromatic N) is 3. The Balaban J connectivity index is 1.30. The van der Waals surface area contributed by atoms with Crippen molar-refractivity contribution >= 4 is 5.91 Å². The molecule has 4 heterocycles. The monoisotopic (exact) mass is 491 g/mol. The molecule has 1 aromatic heterocycles. The predicted molar refractivity (Wildman–Crippen MR) is 141 cm³/mol. The highest BCUT2D eigenvalue weighted by Crippen LogP contribution is 2.39. The van der Waals surface area contributed by atoms with Crippen molar-refractivity contribution in [1.29, 1.82) is 0 Å². The predicted octanol–water partition coefficient (Wildman–Crippen LogP) is 4.72. The molecule has 0 atom stereocenters. The Kier molecular flexibility index (Phi) is 8.55. The maximum Gasteiger partial charge on any atom is 0.225 e. The summed E-state index contributed by atoms with van der Waals surface area (Å²) < 4.78 is 11.8. The Hall–Kier alpha value is -2.44. The summed E-state index contributed by atoms with van der Waals surface area (Å²) in [6.45, 7) is 6.63. The van der Waals surface area contributed by atoms with Gasteiger partial charge in [0.05, 0.1) is 5.69 Å². The zero-order valence-corrected chi connectivity index (χ0v) is 21.6. The van der Waals surface area contributed by atoms with Crippen LogP contribution in [0, 0.1) is 11.3 Å². The highest BCUT2D eigenvalue weighted by atomic mass is 16.5. The van der Waals surface area contributed by atoms with Crippen LogP contribution in [-0.4, -0.2) is 66.7 Å². The van der Waals surface area contributed by atoms with Gasteiger partial charge in [-0.2, -0.15) is 0 Å². The lowest BCUT2D eigenvalue weighted by atomic mass is 9.73. The Bertz CT molecular complexity index is 968. The van der Waals surface area contributed by atoms with Crippen LogP contribution in [0.2, 0.25) is 0 Å². The quantitative estimate of drug-likeness (QED) is 0.622. The van der Waals surface area contributed by atoms with Crippen molar-refractivity contribution < 1.29 is 14.3 Å². The van der Waals surface area contributed by atoms with Crippen LogP contribution in [0.25, 0.3) is 0 Å². The average molecular weight is 492 g/mol. The molecule has 6 nitrogen and oxygen atoms in total. The zero-order valence-electron chi connectivity index (χ0n) is 21.6. The van der Waals surface area contributed by atoms with Crippen molar-refractivity contribution in [3.8, 4) is 5.75 Å². The standard InChI is InChI=1S/C30H41N3O3/c34-29(26-11-20-35-21-12-26)33-17-14-30(15-18-33)13-5-3-8-25-7-1-2-10-28(25)36-22-19-32(24-30)23-27-9-4-6-16-31-27/h1-2,4,6-7,9-10,16,26H,3,5,8,11-15,17-24H2. The van der Waals surface area contributed by atoms with Crippen LogP contribution in [0.1, 0.15) is 56.2 Å². The maximum atomic E-state index is 13.2. The molecular formula is C30H41N3O3. The van der Waals surface area contributed by atoms with Gasteiger partial charge in [-0.1, -0.05) is 30.7 Å². The first-order valence-electron chi connectivity index (χ1n) is 13.9. The number of para-hydroxylation sites is 1. The van der Waals surface area contributed by atoms with Gasteiger partial charge in [0.15, 0.2) is 0 Å². The molecule has 5 rings (SSSR count). The molecule has 6 heteroatoms. The molecular weight excluding hydrogens is 450 g/mol. The van der Waals surface area contributed by atoms with E-state index < -0.39 is 0 Å². The van der Waals surface area contributed by atoms with Gasteiger partial charge in [0, 0.05) is 58.1 Å². The topological polar surface area (TPSA) is 54.9 Å². The number of carbonyl (C=O) groups excluding carboxylic acids is 1. The molecule has 2 saturated heterocycles. The van der Waals surface area contributed by atoms with Crippen LogP contribution >= 0.6 is 0 Å². The fourth-order valence-electron chi connectivity index (χ4n) is 6.25. The van der Waals surface area contributed by atoms with E-state index in [1.54, 1.807) is 0 Å². The number of rotatable bonds is 3. The second-order valence-electron chi connectivity index (χ2n) is 10.9. The number of hydrogen-bond donors (Lipinski definition) is 0. The molecule has 1 aromatic carbocycles. The molecule has 1 spiro atoms. The average Bonchev–Trinajstić information content (AvgIpc) is 2.92. The zero-order chi connectivity index (χ0) is 24.6. The van der Waals surface area contributed by atoms with Crippen LogP contribution in [-0.2, 0) is 22.5 Å². The first-order valence-corrected chi connectivity index (χ1v) is 13.9. The molecule has 0 unspecified atom stereocenters. The molecule has 0 bridgehead atoms. The van der Waals surface area contributed by atoms with Gasteiger partial charge >= 0.3 is 0 Å². The first-order chi connectivity index (χ1) is 17.7. The van der Waals surface area contributed by atoms with Gasteiger partial charge in [-0.05, 0) is 74.1 Å². The van der Waals surface area contributed by atoms with E-state index in [-0.39, 0.29) is 11.3 Å². The molecule has 3 aliphatic rings.